The minimum Gasteiger partial charge on any atom is -0.349 e. The Morgan fingerprint density at radius 1 is 1.47 bits per heavy atom. The van der Waals surface area contributed by atoms with Gasteiger partial charge in [-0.3, -0.25) is 14.9 Å². The Hall–Kier alpha value is -1.59. The third-order valence-electron chi connectivity index (χ3n) is 3.13. The first-order valence-corrected chi connectivity index (χ1v) is 6.44. The zero-order chi connectivity index (χ0) is 14.0. The molecule has 5 nitrogen and oxygen atoms in total. The Bertz CT molecular complexity index is 519. The highest BCUT2D eigenvalue weighted by Gasteiger charge is 2.31. The number of imide groups is 1. The Labute approximate surface area is 116 Å². The number of amides is 2. The number of carbonyl (C=O) groups is 2. The highest BCUT2D eigenvalue weighted by Crippen LogP contribution is 2.29. The number of hydrogen-bond acceptors (Lipinski definition) is 4. The molecule has 0 bridgehead atoms. The van der Waals surface area contributed by atoms with Gasteiger partial charge >= 0.3 is 0 Å². The van der Waals surface area contributed by atoms with E-state index in [4.69, 9.17) is 11.6 Å². The molecule has 1 fully saturated rings. The molecule has 102 valence electrons. The molecule has 1 aliphatic heterocycles. The second-order valence-electron chi connectivity index (χ2n) is 4.53. The molecule has 19 heavy (non-hydrogen) atoms. The maximum absolute atomic E-state index is 11.6. The lowest BCUT2D eigenvalue weighted by molar-refractivity contribution is -0.132. The number of anilines is 1. The van der Waals surface area contributed by atoms with Crippen LogP contribution in [-0.2, 0) is 16.1 Å². The molecule has 0 aliphatic carbocycles. The minimum atomic E-state index is -0.412. The molecule has 1 atom stereocenters. The van der Waals surface area contributed by atoms with Crippen LogP contribution in [0.2, 0.25) is 5.02 Å². The number of piperazine rings is 1. The fourth-order valence-corrected chi connectivity index (χ4v) is 2.42. The van der Waals surface area contributed by atoms with E-state index >= 15 is 0 Å². The Morgan fingerprint density at radius 2 is 2.21 bits per heavy atom. The van der Waals surface area contributed by atoms with Gasteiger partial charge in [0, 0.05) is 6.54 Å². The molecule has 1 unspecified atom stereocenters. The normalized spacial score (nSPS) is 19.5. The van der Waals surface area contributed by atoms with Gasteiger partial charge in [-0.05, 0) is 31.7 Å². The van der Waals surface area contributed by atoms with Crippen LogP contribution in [0.1, 0.15) is 12.5 Å². The summed E-state index contributed by atoms with van der Waals surface area (Å²) in [5.74, 6) is -0.606. The second kappa shape index (κ2) is 5.59. The predicted octanol–water partition coefficient (Wildman–Crippen LogP) is 0.911. The molecule has 1 aromatic carbocycles. The van der Waals surface area contributed by atoms with Crippen molar-refractivity contribution < 1.29 is 9.59 Å². The van der Waals surface area contributed by atoms with Gasteiger partial charge in [0.2, 0.25) is 11.8 Å². The van der Waals surface area contributed by atoms with Crippen molar-refractivity contribution in [2.45, 2.75) is 19.5 Å². The number of nitrogens with one attached hydrogen (secondary N) is 2. The van der Waals surface area contributed by atoms with Gasteiger partial charge in [0.25, 0.3) is 0 Å². The van der Waals surface area contributed by atoms with E-state index in [-0.39, 0.29) is 18.4 Å². The summed E-state index contributed by atoms with van der Waals surface area (Å²) in [6.45, 7) is 2.60. The quantitative estimate of drug-likeness (QED) is 0.809. The molecule has 0 saturated carbocycles. The van der Waals surface area contributed by atoms with Crippen molar-refractivity contribution in [1.82, 2.24) is 10.6 Å². The van der Waals surface area contributed by atoms with Crippen LogP contribution in [0.3, 0.4) is 0 Å². The Balaban J connectivity index is 2.30. The van der Waals surface area contributed by atoms with E-state index in [0.29, 0.717) is 10.7 Å². The molecule has 6 heteroatoms. The van der Waals surface area contributed by atoms with Gasteiger partial charge < -0.3 is 10.2 Å². The Morgan fingerprint density at radius 3 is 2.84 bits per heavy atom. The number of hydrogen-bond donors (Lipinski definition) is 2. The molecule has 2 amide bonds. The van der Waals surface area contributed by atoms with E-state index in [2.05, 4.69) is 10.6 Å². The zero-order valence-electron chi connectivity index (χ0n) is 10.9. The molecule has 1 aromatic rings. The number of benzene rings is 1. The summed E-state index contributed by atoms with van der Waals surface area (Å²) in [6.07, 6.45) is 0. The largest absolute Gasteiger partial charge is 0.349 e. The molecule has 2 N–H and O–H groups in total. The van der Waals surface area contributed by atoms with Gasteiger partial charge in [0.1, 0.15) is 6.04 Å². The van der Waals surface area contributed by atoms with Crippen LogP contribution in [0.25, 0.3) is 0 Å². The van der Waals surface area contributed by atoms with E-state index in [0.717, 1.165) is 12.1 Å². The summed E-state index contributed by atoms with van der Waals surface area (Å²) < 4.78 is 0. The third kappa shape index (κ3) is 2.88. The lowest BCUT2D eigenvalue weighted by Crippen LogP contribution is -2.57. The standard InChI is InChI=1S/C13H16ClN3O2/c1-8-13(19)16-12(18)7-17(8)11-4-3-9(6-15-2)5-10(11)14/h3-5,8,15H,6-7H2,1-2H3,(H,16,18,19). The first-order chi connectivity index (χ1) is 9.02. The highest BCUT2D eigenvalue weighted by atomic mass is 35.5. The summed E-state index contributed by atoms with van der Waals surface area (Å²) in [5.41, 5.74) is 1.76. The molecular weight excluding hydrogens is 266 g/mol. The molecule has 1 saturated heterocycles. The summed E-state index contributed by atoms with van der Waals surface area (Å²) >= 11 is 6.25. The number of rotatable bonds is 3. The number of nitrogens with zero attached hydrogens (tertiary/aromatic N) is 1. The third-order valence-corrected chi connectivity index (χ3v) is 3.43. The molecule has 1 aliphatic rings. The van der Waals surface area contributed by atoms with Crippen molar-refractivity contribution in [2.75, 3.05) is 18.5 Å². The minimum absolute atomic E-state index is 0.137. The monoisotopic (exact) mass is 281 g/mol. The molecule has 2 rings (SSSR count). The Kier molecular flexibility index (Phi) is 4.07. The van der Waals surface area contributed by atoms with Crippen LogP contribution >= 0.6 is 11.6 Å². The highest BCUT2D eigenvalue weighted by molar-refractivity contribution is 6.33. The van der Waals surface area contributed by atoms with Crippen molar-refractivity contribution in [2.24, 2.45) is 0 Å². The van der Waals surface area contributed by atoms with Gasteiger partial charge in [0.05, 0.1) is 17.3 Å². The van der Waals surface area contributed by atoms with Gasteiger partial charge in [0.15, 0.2) is 0 Å². The first-order valence-electron chi connectivity index (χ1n) is 6.06. The van der Waals surface area contributed by atoms with Crippen molar-refractivity contribution in [3.63, 3.8) is 0 Å². The van der Waals surface area contributed by atoms with Crippen molar-refractivity contribution in [1.29, 1.82) is 0 Å². The average molecular weight is 282 g/mol. The van der Waals surface area contributed by atoms with E-state index in [1.165, 1.54) is 0 Å². The van der Waals surface area contributed by atoms with E-state index < -0.39 is 6.04 Å². The second-order valence-corrected chi connectivity index (χ2v) is 4.94. The van der Waals surface area contributed by atoms with Gasteiger partial charge in [-0.2, -0.15) is 0 Å². The van der Waals surface area contributed by atoms with E-state index in [1.807, 2.05) is 25.2 Å². The lowest BCUT2D eigenvalue weighted by atomic mass is 10.1. The van der Waals surface area contributed by atoms with Crippen molar-refractivity contribution in [3.05, 3.63) is 28.8 Å². The maximum atomic E-state index is 11.6. The summed E-state index contributed by atoms with van der Waals surface area (Å²) in [4.78, 5) is 24.8. The SMILES string of the molecule is CNCc1ccc(N2CC(=O)NC(=O)C2C)c(Cl)c1. The van der Waals surface area contributed by atoms with Crippen LogP contribution in [0, 0.1) is 0 Å². The molecular formula is C13H16ClN3O2. The van der Waals surface area contributed by atoms with Crippen molar-refractivity contribution >= 4 is 29.1 Å². The van der Waals surface area contributed by atoms with Crippen LogP contribution < -0.4 is 15.5 Å². The molecule has 0 spiro atoms. The van der Waals surface area contributed by atoms with E-state index in [9.17, 15) is 9.59 Å². The summed E-state index contributed by atoms with van der Waals surface area (Å²) in [5, 5.41) is 5.89. The van der Waals surface area contributed by atoms with Gasteiger partial charge in [-0.15, -0.1) is 0 Å². The van der Waals surface area contributed by atoms with Crippen LogP contribution in [0.15, 0.2) is 18.2 Å². The average Bonchev–Trinajstić information content (AvgIpc) is 2.35. The predicted molar refractivity (Wildman–Crippen MR) is 74.2 cm³/mol. The van der Waals surface area contributed by atoms with E-state index in [1.54, 1.807) is 11.8 Å². The fourth-order valence-electron chi connectivity index (χ4n) is 2.11. The summed E-state index contributed by atoms with van der Waals surface area (Å²) in [7, 11) is 1.86. The number of halogens is 1. The molecule has 1 heterocycles. The zero-order valence-corrected chi connectivity index (χ0v) is 11.6. The number of carbonyl (C=O) groups excluding carboxylic acids is 2. The van der Waals surface area contributed by atoms with Gasteiger partial charge in [-0.1, -0.05) is 17.7 Å². The van der Waals surface area contributed by atoms with Crippen LogP contribution in [-0.4, -0.2) is 31.4 Å². The fraction of sp³-hybridized carbons (Fsp3) is 0.385. The maximum Gasteiger partial charge on any atom is 0.249 e. The first kappa shape index (κ1) is 13.8. The van der Waals surface area contributed by atoms with Crippen molar-refractivity contribution in [3.8, 4) is 0 Å². The topological polar surface area (TPSA) is 61.4 Å². The van der Waals surface area contributed by atoms with Gasteiger partial charge in [-0.25, -0.2) is 0 Å². The molecule has 0 radical (unpaired) electrons. The van der Waals surface area contributed by atoms with Crippen LogP contribution in [0.4, 0.5) is 5.69 Å². The van der Waals surface area contributed by atoms with Crippen LogP contribution in [0.5, 0.6) is 0 Å². The molecule has 0 aromatic heterocycles. The lowest BCUT2D eigenvalue weighted by Gasteiger charge is -2.34. The smallest absolute Gasteiger partial charge is 0.249 e. The summed E-state index contributed by atoms with van der Waals surface area (Å²) in [6, 6.07) is 5.21.